The van der Waals surface area contributed by atoms with Gasteiger partial charge in [0.2, 0.25) is 11.8 Å². The number of carbonyl (C=O) groups is 2. The lowest BCUT2D eigenvalue weighted by molar-refractivity contribution is -0.125. The van der Waals surface area contributed by atoms with Gasteiger partial charge in [0, 0.05) is 6.04 Å². The van der Waals surface area contributed by atoms with Crippen molar-refractivity contribution in [2.45, 2.75) is 19.9 Å². The molecule has 0 spiro atoms. The van der Waals surface area contributed by atoms with Gasteiger partial charge in [0.15, 0.2) is 0 Å². The highest BCUT2D eigenvalue weighted by Gasteiger charge is 2.04. The molecule has 0 aliphatic carbocycles. The van der Waals surface area contributed by atoms with Crippen LogP contribution in [0, 0.1) is 0 Å². The first-order valence-electron chi connectivity index (χ1n) is 4.27. The molecule has 0 aliphatic heterocycles. The fourth-order valence-corrected chi connectivity index (χ4v) is 0.775. The third-order valence-corrected chi connectivity index (χ3v) is 1.23. The van der Waals surface area contributed by atoms with Gasteiger partial charge >= 0.3 is 0 Å². The van der Waals surface area contributed by atoms with E-state index in [1.165, 1.54) is 0 Å². The van der Waals surface area contributed by atoms with Crippen LogP contribution < -0.4 is 16.0 Å². The molecule has 0 bridgehead atoms. The maximum absolute atomic E-state index is 11.0. The Hall–Kier alpha value is -1.10. The van der Waals surface area contributed by atoms with E-state index in [1.807, 2.05) is 13.8 Å². The number of hydrogen-bond donors (Lipinski definition) is 3. The quantitative estimate of drug-likeness (QED) is 0.509. The summed E-state index contributed by atoms with van der Waals surface area (Å²) in [4.78, 5) is 21.9. The van der Waals surface area contributed by atoms with Crippen LogP contribution in [0.2, 0.25) is 0 Å². The van der Waals surface area contributed by atoms with E-state index >= 15 is 0 Å². The zero-order valence-corrected chi connectivity index (χ0v) is 8.31. The number of carbonyl (C=O) groups excluding carboxylic acids is 2. The first-order valence-corrected chi connectivity index (χ1v) is 4.27. The van der Waals surface area contributed by atoms with E-state index in [9.17, 15) is 9.59 Å². The normalized spacial score (nSPS) is 9.85. The highest BCUT2D eigenvalue weighted by Crippen LogP contribution is 1.75. The Morgan fingerprint density at radius 1 is 1.15 bits per heavy atom. The molecule has 13 heavy (non-hydrogen) atoms. The van der Waals surface area contributed by atoms with Gasteiger partial charge in [-0.3, -0.25) is 9.59 Å². The van der Waals surface area contributed by atoms with Crippen LogP contribution >= 0.6 is 0 Å². The molecule has 0 aliphatic rings. The molecule has 0 atom stereocenters. The molecule has 0 saturated heterocycles. The molecular formula is C8H17N3O2. The molecule has 0 aromatic carbocycles. The van der Waals surface area contributed by atoms with Gasteiger partial charge in [0.05, 0.1) is 13.1 Å². The van der Waals surface area contributed by atoms with Crippen molar-refractivity contribution in [1.29, 1.82) is 0 Å². The topological polar surface area (TPSA) is 70.2 Å². The molecule has 0 aromatic rings. The lowest BCUT2D eigenvalue weighted by atomic mass is 10.4. The van der Waals surface area contributed by atoms with Gasteiger partial charge in [-0.05, 0) is 20.9 Å². The fraction of sp³-hybridized carbons (Fsp3) is 0.750. The lowest BCUT2D eigenvalue weighted by Crippen LogP contribution is -2.42. The van der Waals surface area contributed by atoms with E-state index in [-0.39, 0.29) is 30.9 Å². The second-order valence-corrected chi connectivity index (χ2v) is 3.03. The average molecular weight is 187 g/mol. The monoisotopic (exact) mass is 187 g/mol. The van der Waals surface area contributed by atoms with Gasteiger partial charge in [-0.2, -0.15) is 0 Å². The average Bonchev–Trinajstić information content (AvgIpc) is 2.00. The summed E-state index contributed by atoms with van der Waals surface area (Å²) in [6, 6.07) is 0.105. The van der Waals surface area contributed by atoms with E-state index < -0.39 is 0 Å². The summed E-state index contributed by atoms with van der Waals surface area (Å²) in [5.74, 6) is -0.346. The molecule has 5 nitrogen and oxygen atoms in total. The Morgan fingerprint density at radius 3 is 2.23 bits per heavy atom. The predicted octanol–water partition coefficient (Wildman–Crippen LogP) is -1.15. The second-order valence-electron chi connectivity index (χ2n) is 3.03. The summed E-state index contributed by atoms with van der Waals surface area (Å²) in [6.07, 6.45) is 0. The van der Waals surface area contributed by atoms with Crippen LogP contribution in [-0.4, -0.2) is 38.0 Å². The van der Waals surface area contributed by atoms with E-state index in [0.717, 1.165) is 0 Å². The van der Waals surface area contributed by atoms with Crippen molar-refractivity contribution in [2.75, 3.05) is 20.1 Å². The molecule has 5 heteroatoms. The van der Waals surface area contributed by atoms with E-state index in [1.54, 1.807) is 7.05 Å². The molecule has 0 unspecified atom stereocenters. The van der Waals surface area contributed by atoms with Crippen LogP contribution in [0.5, 0.6) is 0 Å². The van der Waals surface area contributed by atoms with Gasteiger partial charge in [-0.15, -0.1) is 0 Å². The van der Waals surface area contributed by atoms with Crippen molar-refractivity contribution in [3.05, 3.63) is 0 Å². The standard InChI is InChI=1S/C8H17N3O2/c1-6(2)11-8(13)5-10-7(12)4-9-3/h6,9H,4-5H2,1-3H3,(H,10,12)(H,11,13). The molecule has 0 fully saturated rings. The SMILES string of the molecule is CNCC(=O)NCC(=O)NC(C)C. The summed E-state index contributed by atoms with van der Waals surface area (Å²) < 4.78 is 0. The third kappa shape index (κ3) is 7.27. The van der Waals surface area contributed by atoms with E-state index in [0.29, 0.717) is 0 Å². The predicted molar refractivity (Wildman–Crippen MR) is 50.2 cm³/mol. The Bertz CT molecular complexity index is 180. The summed E-state index contributed by atoms with van der Waals surface area (Å²) in [5.41, 5.74) is 0. The van der Waals surface area contributed by atoms with E-state index in [2.05, 4.69) is 16.0 Å². The number of rotatable bonds is 5. The minimum absolute atomic E-state index is 0.0404. The van der Waals surface area contributed by atoms with Gasteiger partial charge in [0.1, 0.15) is 0 Å². The van der Waals surface area contributed by atoms with Crippen LogP contribution in [0.25, 0.3) is 0 Å². The maximum atomic E-state index is 11.0. The minimum atomic E-state index is -0.179. The Kier molecular flexibility index (Phi) is 5.88. The summed E-state index contributed by atoms with van der Waals surface area (Å²) in [6.45, 7) is 4.01. The molecule has 2 amide bonds. The van der Waals surface area contributed by atoms with Gasteiger partial charge < -0.3 is 16.0 Å². The second kappa shape index (κ2) is 6.42. The van der Waals surface area contributed by atoms with Crippen LogP contribution in [0.1, 0.15) is 13.8 Å². The van der Waals surface area contributed by atoms with E-state index in [4.69, 9.17) is 0 Å². The highest BCUT2D eigenvalue weighted by atomic mass is 16.2. The molecule has 0 aromatic heterocycles. The van der Waals surface area contributed by atoms with Crippen molar-refractivity contribution >= 4 is 11.8 Å². The van der Waals surface area contributed by atoms with Crippen LogP contribution in [0.4, 0.5) is 0 Å². The van der Waals surface area contributed by atoms with Crippen molar-refractivity contribution in [1.82, 2.24) is 16.0 Å². The molecular weight excluding hydrogens is 170 g/mol. The van der Waals surface area contributed by atoms with Crippen LogP contribution in [0.3, 0.4) is 0 Å². The summed E-state index contributed by atoms with van der Waals surface area (Å²) in [7, 11) is 1.67. The molecule has 0 saturated carbocycles. The number of hydrogen-bond acceptors (Lipinski definition) is 3. The van der Waals surface area contributed by atoms with Crippen LogP contribution in [-0.2, 0) is 9.59 Å². The lowest BCUT2D eigenvalue weighted by Gasteiger charge is -2.08. The summed E-state index contributed by atoms with van der Waals surface area (Å²) in [5, 5.41) is 7.83. The zero-order chi connectivity index (χ0) is 10.3. The molecule has 0 heterocycles. The Labute approximate surface area is 78.3 Å². The van der Waals surface area contributed by atoms with Crippen molar-refractivity contribution in [3.63, 3.8) is 0 Å². The van der Waals surface area contributed by atoms with Crippen molar-refractivity contribution < 1.29 is 9.59 Å². The molecule has 0 radical (unpaired) electrons. The highest BCUT2D eigenvalue weighted by molar-refractivity contribution is 5.85. The Morgan fingerprint density at radius 2 is 1.77 bits per heavy atom. The molecule has 76 valence electrons. The largest absolute Gasteiger partial charge is 0.352 e. The number of nitrogens with one attached hydrogen (secondary N) is 3. The van der Waals surface area contributed by atoms with Crippen LogP contribution in [0.15, 0.2) is 0 Å². The number of likely N-dealkylation sites (N-methyl/N-ethyl adjacent to an activating group) is 1. The summed E-state index contributed by atoms with van der Waals surface area (Å²) >= 11 is 0. The first kappa shape index (κ1) is 11.9. The molecule has 3 N–H and O–H groups in total. The number of amides is 2. The van der Waals surface area contributed by atoms with Crippen molar-refractivity contribution in [3.8, 4) is 0 Å². The van der Waals surface area contributed by atoms with Crippen molar-refractivity contribution in [2.24, 2.45) is 0 Å². The first-order chi connectivity index (χ1) is 6.06. The zero-order valence-electron chi connectivity index (χ0n) is 8.31. The molecule has 0 rings (SSSR count). The van der Waals surface area contributed by atoms with Gasteiger partial charge in [-0.1, -0.05) is 0 Å². The minimum Gasteiger partial charge on any atom is -0.352 e. The Balaban J connectivity index is 3.52. The maximum Gasteiger partial charge on any atom is 0.239 e. The van der Waals surface area contributed by atoms with Gasteiger partial charge in [0.25, 0.3) is 0 Å². The fourth-order valence-electron chi connectivity index (χ4n) is 0.775. The smallest absolute Gasteiger partial charge is 0.239 e. The third-order valence-electron chi connectivity index (χ3n) is 1.23. The van der Waals surface area contributed by atoms with Gasteiger partial charge in [-0.25, -0.2) is 0 Å².